The summed E-state index contributed by atoms with van der Waals surface area (Å²) >= 11 is 0. The van der Waals surface area contributed by atoms with Crippen LogP contribution in [0.3, 0.4) is 0 Å². The van der Waals surface area contributed by atoms with Crippen molar-refractivity contribution in [3.05, 3.63) is 65.9 Å². The van der Waals surface area contributed by atoms with E-state index in [1.165, 1.54) is 15.4 Å². The van der Waals surface area contributed by atoms with E-state index >= 15 is 0 Å². The van der Waals surface area contributed by atoms with Crippen LogP contribution in [-0.2, 0) is 42.0 Å². The molecule has 0 spiro atoms. The maximum Gasteiger partial charge on any atom is 0.391 e. The molecule has 0 bridgehead atoms. The van der Waals surface area contributed by atoms with E-state index in [2.05, 4.69) is 21.1 Å². The van der Waals surface area contributed by atoms with Crippen LogP contribution in [-0.4, -0.2) is 101 Å². The lowest BCUT2D eigenvalue weighted by Gasteiger charge is -2.34. The number of sulfonamides is 1. The topological polar surface area (TPSA) is 168 Å². The zero-order chi connectivity index (χ0) is 44.1. The molecule has 3 aliphatic carbocycles. The van der Waals surface area contributed by atoms with Gasteiger partial charge in [0, 0.05) is 55.4 Å². The molecule has 3 aliphatic heterocycles. The van der Waals surface area contributed by atoms with E-state index in [1.807, 2.05) is 42.5 Å². The van der Waals surface area contributed by atoms with Crippen LogP contribution in [0.25, 0.3) is 22.3 Å². The fourth-order valence-electron chi connectivity index (χ4n) is 10.0. The predicted molar refractivity (Wildman–Crippen MR) is 226 cm³/mol. The SMILES string of the molecule is O=C1NC2(C(=O)NS(=O)(=O)C3CC3)C[C@H]2C=CCCCCC[C@H](CC(=O)N2CCC(C(F)(F)F)CC2)C(=O)N2C[C@H](Oc3cc(-c4ccccn4)nc4c5c(ccc34)CCC5)C[C@@H]12. The molecule has 6 aliphatic rings. The number of nitrogens with zero attached hydrogens (tertiary/aromatic N) is 4. The Balaban J connectivity index is 1.03. The van der Waals surface area contributed by atoms with Crippen molar-refractivity contribution in [3.8, 4) is 17.1 Å². The number of halogens is 3. The average Bonchev–Trinajstić information content (AvgIpc) is 4.14. The summed E-state index contributed by atoms with van der Waals surface area (Å²) in [5.41, 5.74) is 2.84. The zero-order valence-electron chi connectivity index (χ0n) is 35.1. The summed E-state index contributed by atoms with van der Waals surface area (Å²) in [5.74, 6) is -4.66. The number of likely N-dealkylation sites (tertiary alicyclic amines) is 1. The standard InChI is InChI=1S/C46H53F3N6O7S/c47-46(48,49)30-18-21-54(22-19-30)40(56)23-29-9-4-2-1-3-5-11-31-26-45(31,44(59)53-63(60,61)33-15-16-33)52-42(57)38-24-32(27-55(38)43(29)58)62-39-25-37(36-13-6-7-20-50-36)51-41-34-12-8-10-28(34)14-17-35(39)41/h5-7,11,13-14,17,20,25,29-33,38H,1-4,8-10,12,15-16,18-19,21-24,26-27H2,(H,52,57)(H,53,59)/t29-,31-,32-,38+,45?/m1/s1. The Bertz CT molecular complexity index is 2420. The second-order valence-corrected chi connectivity index (χ2v) is 20.2. The maximum atomic E-state index is 14.9. The number of fused-ring (bicyclic) bond motifs is 5. The van der Waals surface area contributed by atoms with Crippen molar-refractivity contribution < 1.29 is 45.5 Å². The van der Waals surface area contributed by atoms with Gasteiger partial charge in [-0.3, -0.25) is 28.9 Å². The number of allylic oxidation sites excluding steroid dienone is 1. The van der Waals surface area contributed by atoms with Crippen LogP contribution in [0.1, 0.15) is 94.6 Å². The molecule has 0 radical (unpaired) electrons. The Morgan fingerprint density at radius 3 is 2.52 bits per heavy atom. The Hall–Kier alpha value is -5.06. The number of carbonyl (C=O) groups excluding carboxylic acids is 4. The highest BCUT2D eigenvalue weighted by Crippen LogP contribution is 2.46. The Morgan fingerprint density at radius 1 is 0.968 bits per heavy atom. The predicted octanol–water partition coefficient (Wildman–Crippen LogP) is 5.94. The number of pyridine rings is 2. The smallest absolute Gasteiger partial charge is 0.391 e. The van der Waals surface area contributed by atoms with Crippen LogP contribution in [0.2, 0.25) is 0 Å². The summed E-state index contributed by atoms with van der Waals surface area (Å²) in [6, 6.07) is 10.3. The van der Waals surface area contributed by atoms with E-state index in [0.717, 1.165) is 48.6 Å². The summed E-state index contributed by atoms with van der Waals surface area (Å²) in [7, 11) is -3.95. The van der Waals surface area contributed by atoms with Gasteiger partial charge in [0.1, 0.15) is 23.4 Å². The number of nitrogens with one attached hydrogen (secondary N) is 2. The van der Waals surface area contributed by atoms with Gasteiger partial charge in [0.15, 0.2) is 0 Å². The van der Waals surface area contributed by atoms with E-state index in [9.17, 15) is 40.8 Å². The lowest BCUT2D eigenvalue weighted by molar-refractivity contribution is -0.186. The Kier molecular flexibility index (Phi) is 11.8. The molecule has 2 saturated carbocycles. The number of aromatic nitrogens is 2. The largest absolute Gasteiger partial charge is 0.488 e. The van der Waals surface area contributed by atoms with Crippen molar-refractivity contribution >= 4 is 44.6 Å². The molecule has 4 fully saturated rings. The number of benzene rings is 1. The van der Waals surface area contributed by atoms with Gasteiger partial charge in [0.05, 0.1) is 34.6 Å². The number of hydrogen-bond donors (Lipinski definition) is 2. The summed E-state index contributed by atoms with van der Waals surface area (Å²) in [6.07, 6.45) is 6.65. The minimum absolute atomic E-state index is 0.0233. The summed E-state index contributed by atoms with van der Waals surface area (Å²) in [6.45, 7) is -0.163. The number of ether oxygens (including phenoxy) is 1. The minimum atomic E-state index is -4.35. The molecule has 2 aromatic heterocycles. The molecule has 9 rings (SSSR count). The number of rotatable bonds is 8. The molecule has 13 nitrogen and oxygen atoms in total. The minimum Gasteiger partial charge on any atom is -0.488 e. The van der Waals surface area contributed by atoms with Gasteiger partial charge in [-0.1, -0.05) is 37.1 Å². The van der Waals surface area contributed by atoms with Gasteiger partial charge in [-0.05, 0) is 100.0 Å². The normalized spacial score (nSPS) is 27.2. The van der Waals surface area contributed by atoms with Crippen molar-refractivity contribution in [2.45, 2.75) is 125 Å². The third kappa shape index (κ3) is 9.03. The summed E-state index contributed by atoms with van der Waals surface area (Å²) in [5, 5.41) is 3.01. The second kappa shape index (κ2) is 17.1. The molecule has 336 valence electrons. The molecular weight excluding hydrogens is 838 g/mol. The van der Waals surface area contributed by atoms with Crippen LogP contribution in [0.4, 0.5) is 13.2 Å². The molecule has 4 amide bonds. The zero-order valence-corrected chi connectivity index (χ0v) is 35.9. The first-order valence-electron chi connectivity index (χ1n) is 22.4. The highest BCUT2D eigenvalue weighted by atomic mass is 32.2. The average molecular weight is 891 g/mol. The van der Waals surface area contributed by atoms with Crippen LogP contribution in [0.5, 0.6) is 5.75 Å². The summed E-state index contributed by atoms with van der Waals surface area (Å²) in [4.78, 5) is 69.8. The van der Waals surface area contributed by atoms with E-state index in [4.69, 9.17) is 9.72 Å². The van der Waals surface area contributed by atoms with E-state index in [1.54, 1.807) is 6.20 Å². The molecule has 3 aromatic rings. The number of amides is 4. The highest BCUT2D eigenvalue weighted by Gasteiger charge is 2.62. The van der Waals surface area contributed by atoms with Crippen LogP contribution >= 0.6 is 0 Å². The van der Waals surface area contributed by atoms with Gasteiger partial charge in [-0.25, -0.2) is 13.4 Å². The first-order valence-corrected chi connectivity index (χ1v) is 24.0. The summed E-state index contributed by atoms with van der Waals surface area (Å²) < 4.78 is 75.5. The van der Waals surface area contributed by atoms with Crippen molar-refractivity contribution in [1.29, 1.82) is 0 Å². The maximum absolute atomic E-state index is 14.9. The first-order chi connectivity index (χ1) is 30.2. The number of piperidine rings is 1. The highest BCUT2D eigenvalue weighted by molar-refractivity contribution is 7.91. The number of alkyl halides is 3. The fourth-order valence-corrected chi connectivity index (χ4v) is 11.4. The molecule has 2 N–H and O–H groups in total. The van der Waals surface area contributed by atoms with E-state index in [0.29, 0.717) is 49.2 Å². The molecule has 2 saturated heterocycles. The van der Waals surface area contributed by atoms with Gasteiger partial charge < -0.3 is 19.9 Å². The van der Waals surface area contributed by atoms with Crippen molar-refractivity contribution in [1.82, 2.24) is 29.8 Å². The van der Waals surface area contributed by atoms with E-state index in [-0.39, 0.29) is 51.7 Å². The lowest BCUT2D eigenvalue weighted by atomic mass is 9.92. The van der Waals surface area contributed by atoms with Gasteiger partial charge in [0.25, 0.3) is 5.91 Å². The molecule has 17 heteroatoms. The lowest BCUT2D eigenvalue weighted by Crippen LogP contribution is -2.57. The van der Waals surface area contributed by atoms with Crippen LogP contribution in [0.15, 0.2) is 54.7 Å². The molecule has 1 aromatic carbocycles. The third-order valence-electron chi connectivity index (χ3n) is 13.9. The van der Waals surface area contributed by atoms with E-state index < -0.39 is 80.5 Å². The van der Waals surface area contributed by atoms with Crippen molar-refractivity contribution in [2.75, 3.05) is 19.6 Å². The van der Waals surface area contributed by atoms with Crippen molar-refractivity contribution in [3.63, 3.8) is 0 Å². The van der Waals surface area contributed by atoms with Gasteiger partial charge in [0.2, 0.25) is 27.7 Å². The third-order valence-corrected chi connectivity index (χ3v) is 15.7. The van der Waals surface area contributed by atoms with Crippen molar-refractivity contribution in [2.24, 2.45) is 17.8 Å². The first kappa shape index (κ1) is 43.2. The van der Waals surface area contributed by atoms with Crippen LogP contribution in [0, 0.1) is 17.8 Å². The second-order valence-electron chi connectivity index (χ2n) is 18.3. The number of carbonyl (C=O) groups is 4. The quantitative estimate of drug-likeness (QED) is 0.260. The number of hydrogen-bond acceptors (Lipinski definition) is 9. The molecule has 63 heavy (non-hydrogen) atoms. The van der Waals surface area contributed by atoms with Gasteiger partial charge >= 0.3 is 6.18 Å². The van der Waals surface area contributed by atoms with Gasteiger partial charge in [-0.2, -0.15) is 13.2 Å². The Morgan fingerprint density at radius 2 is 1.78 bits per heavy atom. The molecule has 5 atom stereocenters. The fraction of sp³-hybridized carbons (Fsp3) is 0.565. The Labute approximate surface area is 364 Å². The molecular formula is C46H53F3N6O7S. The molecule has 5 heterocycles. The monoisotopic (exact) mass is 890 g/mol. The molecule has 1 unspecified atom stereocenters. The number of aryl methyl sites for hydroxylation is 2. The van der Waals surface area contributed by atoms with Crippen LogP contribution < -0.4 is 14.8 Å². The van der Waals surface area contributed by atoms with Gasteiger partial charge in [-0.15, -0.1) is 0 Å².